The summed E-state index contributed by atoms with van der Waals surface area (Å²) in [6.07, 6.45) is 0. The second kappa shape index (κ2) is 5.94. The lowest BCUT2D eigenvalue weighted by atomic mass is 9.94. The highest BCUT2D eigenvalue weighted by Crippen LogP contribution is 2.31. The van der Waals surface area contributed by atoms with Crippen LogP contribution in [0.2, 0.25) is 5.02 Å². The quantitative estimate of drug-likeness (QED) is 0.863. The van der Waals surface area contributed by atoms with Crippen LogP contribution < -0.4 is 5.32 Å². The van der Waals surface area contributed by atoms with Gasteiger partial charge in [-0.15, -0.1) is 0 Å². The van der Waals surface area contributed by atoms with Gasteiger partial charge in [-0.2, -0.15) is 0 Å². The highest BCUT2D eigenvalue weighted by atomic mass is 35.5. The zero-order chi connectivity index (χ0) is 14.9. The number of aryl methyl sites for hydroxylation is 3. The molecule has 0 radical (unpaired) electrons. The molecule has 2 aromatic carbocycles. The largest absolute Gasteiger partial charge is 0.309 e. The Morgan fingerprint density at radius 1 is 1.05 bits per heavy atom. The maximum Gasteiger partial charge on any atom is 0.129 e. The Morgan fingerprint density at radius 3 is 2.20 bits per heavy atom. The molecule has 0 spiro atoms. The van der Waals surface area contributed by atoms with Crippen LogP contribution in [0.15, 0.2) is 30.3 Å². The smallest absolute Gasteiger partial charge is 0.129 e. The number of rotatable bonds is 3. The predicted octanol–water partition coefficient (Wildman–Crippen LogP) is 4.71. The van der Waals surface area contributed by atoms with Gasteiger partial charge in [-0.3, -0.25) is 0 Å². The predicted molar refractivity (Wildman–Crippen MR) is 83.0 cm³/mol. The Hall–Kier alpha value is -1.38. The van der Waals surface area contributed by atoms with Gasteiger partial charge in [0.2, 0.25) is 0 Å². The molecule has 2 rings (SSSR count). The number of hydrogen-bond acceptors (Lipinski definition) is 1. The van der Waals surface area contributed by atoms with Gasteiger partial charge >= 0.3 is 0 Å². The van der Waals surface area contributed by atoms with E-state index in [4.69, 9.17) is 11.6 Å². The summed E-state index contributed by atoms with van der Waals surface area (Å²) in [6.45, 7) is 5.56. The van der Waals surface area contributed by atoms with E-state index in [1.165, 1.54) is 0 Å². The molecule has 1 N–H and O–H groups in total. The van der Waals surface area contributed by atoms with Crippen molar-refractivity contribution in [3.05, 3.63) is 69.0 Å². The highest BCUT2D eigenvalue weighted by Gasteiger charge is 2.18. The molecule has 20 heavy (non-hydrogen) atoms. The van der Waals surface area contributed by atoms with Crippen molar-refractivity contribution in [2.24, 2.45) is 0 Å². The normalized spacial score (nSPS) is 12.5. The van der Waals surface area contributed by atoms with Crippen molar-refractivity contribution in [1.29, 1.82) is 0 Å². The number of halogens is 2. The van der Waals surface area contributed by atoms with Gasteiger partial charge in [-0.05, 0) is 55.6 Å². The molecule has 2 aromatic rings. The average Bonchev–Trinajstić information content (AvgIpc) is 2.41. The Kier molecular flexibility index (Phi) is 4.46. The van der Waals surface area contributed by atoms with Crippen LogP contribution in [-0.2, 0) is 0 Å². The van der Waals surface area contributed by atoms with Crippen molar-refractivity contribution in [3.63, 3.8) is 0 Å². The molecule has 0 saturated heterocycles. The van der Waals surface area contributed by atoms with E-state index in [1.807, 2.05) is 44.3 Å². The molecule has 0 amide bonds. The van der Waals surface area contributed by atoms with Crippen molar-refractivity contribution in [1.82, 2.24) is 5.32 Å². The molecule has 1 nitrogen and oxygen atoms in total. The van der Waals surface area contributed by atoms with Crippen LogP contribution >= 0.6 is 11.6 Å². The SMILES string of the molecule is CNC(c1cc(C)c(F)c(C)c1)c1cccc(C)c1Cl. The lowest BCUT2D eigenvalue weighted by Gasteiger charge is -2.21. The van der Waals surface area contributed by atoms with Gasteiger partial charge in [0.15, 0.2) is 0 Å². The molecule has 0 saturated carbocycles. The summed E-state index contributed by atoms with van der Waals surface area (Å²) in [6, 6.07) is 9.69. The minimum absolute atomic E-state index is 0.0413. The molecule has 0 aliphatic carbocycles. The van der Waals surface area contributed by atoms with E-state index in [9.17, 15) is 4.39 Å². The molecule has 106 valence electrons. The van der Waals surface area contributed by atoms with Gasteiger partial charge in [-0.1, -0.05) is 41.9 Å². The second-order valence-corrected chi connectivity index (χ2v) is 5.55. The zero-order valence-electron chi connectivity index (χ0n) is 12.2. The third-order valence-corrected chi connectivity index (χ3v) is 4.13. The number of benzene rings is 2. The Labute approximate surface area is 124 Å². The van der Waals surface area contributed by atoms with E-state index in [0.717, 1.165) is 21.7 Å². The van der Waals surface area contributed by atoms with E-state index in [-0.39, 0.29) is 11.9 Å². The maximum absolute atomic E-state index is 13.8. The molecule has 0 fully saturated rings. The topological polar surface area (TPSA) is 12.0 Å². The summed E-state index contributed by atoms with van der Waals surface area (Å²) in [5, 5.41) is 4.03. The van der Waals surface area contributed by atoms with Crippen LogP contribution in [-0.4, -0.2) is 7.05 Å². The molecule has 3 heteroatoms. The first-order chi connectivity index (χ1) is 9.45. The summed E-state index contributed by atoms with van der Waals surface area (Å²) in [5.41, 5.74) is 4.39. The van der Waals surface area contributed by atoms with Crippen LogP contribution in [0.4, 0.5) is 4.39 Å². The van der Waals surface area contributed by atoms with E-state index in [0.29, 0.717) is 11.1 Å². The summed E-state index contributed by atoms with van der Waals surface area (Å²) in [5.74, 6) is -0.140. The van der Waals surface area contributed by atoms with Gasteiger partial charge in [-0.25, -0.2) is 4.39 Å². The molecule has 1 unspecified atom stereocenters. The minimum Gasteiger partial charge on any atom is -0.309 e. The fourth-order valence-corrected chi connectivity index (χ4v) is 2.78. The second-order valence-electron chi connectivity index (χ2n) is 5.17. The van der Waals surface area contributed by atoms with Gasteiger partial charge in [0, 0.05) is 5.02 Å². The van der Waals surface area contributed by atoms with Crippen molar-refractivity contribution in [3.8, 4) is 0 Å². The molecular formula is C17H19ClFN. The lowest BCUT2D eigenvalue weighted by Crippen LogP contribution is -2.19. The lowest BCUT2D eigenvalue weighted by molar-refractivity contribution is 0.604. The van der Waals surface area contributed by atoms with Crippen LogP contribution in [0.1, 0.15) is 33.9 Å². The van der Waals surface area contributed by atoms with Crippen LogP contribution in [0, 0.1) is 26.6 Å². The number of nitrogens with one attached hydrogen (secondary N) is 1. The van der Waals surface area contributed by atoms with Crippen molar-refractivity contribution < 1.29 is 4.39 Å². The van der Waals surface area contributed by atoms with Crippen molar-refractivity contribution in [2.75, 3.05) is 7.05 Å². The van der Waals surface area contributed by atoms with E-state index in [1.54, 1.807) is 13.8 Å². The third kappa shape index (κ3) is 2.72. The number of hydrogen-bond donors (Lipinski definition) is 1. The molecule has 0 aliphatic heterocycles. The fraction of sp³-hybridized carbons (Fsp3) is 0.294. The highest BCUT2D eigenvalue weighted by molar-refractivity contribution is 6.32. The Morgan fingerprint density at radius 2 is 1.65 bits per heavy atom. The average molecular weight is 292 g/mol. The fourth-order valence-electron chi connectivity index (χ4n) is 2.54. The maximum atomic E-state index is 13.8. The monoisotopic (exact) mass is 291 g/mol. The van der Waals surface area contributed by atoms with Crippen molar-refractivity contribution in [2.45, 2.75) is 26.8 Å². The molecular weight excluding hydrogens is 273 g/mol. The van der Waals surface area contributed by atoms with Gasteiger partial charge in [0.05, 0.1) is 6.04 Å². The first-order valence-electron chi connectivity index (χ1n) is 6.64. The van der Waals surface area contributed by atoms with Gasteiger partial charge in [0.1, 0.15) is 5.82 Å². The standard InChI is InChI=1S/C17H19ClFN/c1-10-6-5-7-14(15(10)18)17(20-4)13-8-11(2)16(19)12(3)9-13/h5-9,17,20H,1-4H3. The van der Waals surface area contributed by atoms with Crippen LogP contribution in [0.3, 0.4) is 0 Å². The molecule has 0 bridgehead atoms. The van der Waals surface area contributed by atoms with Crippen molar-refractivity contribution >= 4 is 11.6 Å². The summed E-state index contributed by atoms with van der Waals surface area (Å²) < 4.78 is 13.8. The first kappa shape index (κ1) is 15.0. The Balaban J connectivity index is 2.55. The third-order valence-electron chi connectivity index (χ3n) is 3.61. The van der Waals surface area contributed by atoms with E-state index in [2.05, 4.69) is 5.32 Å². The summed E-state index contributed by atoms with van der Waals surface area (Å²) in [7, 11) is 1.89. The van der Waals surface area contributed by atoms with E-state index < -0.39 is 0 Å². The van der Waals surface area contributed by atoms with E-state index >= 15 is 0 Å². The molecule has 0 heterocycles. The van der Waals surface area contributed by atoms with Crippen LogP contribution in [0.5, 0.6) is 0 Å². The molecule has 0 aromatic heterocycles. The Bertz CT molecular complexity index is 614. The summed E-state index contributed by atoms with van der Waals surface area (Å²) in [4.78, 5) is 0. The first-order valence-corrected chi connectivity index (χ1v) is 7.02. The summed E-state index contributed by atoms with van der Waals surface area (Å²) >= 11 is 6.41. The van der Waals surface area contributed by atoms with Gasteiger partial charge in [0.25, 0.3) is 0 Å². The zero-order valence-corrected chi connectivity index (χ0v) is 13.0. The van der Waals surface area contributed by atoms with Gasteiger partial charge < -0.3 is 5.32 Å². The molecule has 0 aliphatic rings. The van der Waals surface area contributed by atoms with Crippen LogP contribution in [0.25, 0.3) is 0 Å². The minimum atomic E-state index is -0.140. The molecule has 1 atom stereocenters.